The quantitative estimate of drug-likeness (QED) is 0.695. The largest absolute Gasteiger partial charge is 0.443 e. The van der Waals surface area contributed by atoms with Gasteiger partial charge in [0.1, 0.15) is 17.3 Å². The van der Waals surface area contributed by atoms with Gasteiger partial charge < -0.3 is 14.5 Å². The molecule has 5 rings (SSSR count). The van der Waals surface area contributed by atoms with E-state index in [9.17, 15) is 4.39 Å². The van der Waals surface area contributed by atoms with E-state index in [1.807, 2.05) is 0 Å². The zero-order chi connectivity index (χ0) is 17.7. The third kappa shape index (κ3) is 2.72. The standard InChI is InChI=1S/C20H22FN3OS/c1-23-8-10-24(11-9-23)19-18-14-4-2-3-5-17(14)26-20(18)25-16-12-13(21)6-7-15(16)22-19/h6-7,12H,2-5,8-11H2,1H3. The van der Waals surface area contributed by atoms with E-state index in [2.05, 4.69) is 16.8 Å². The molecule has 0 N–H and O–H groups in total. The minimum Gasteiger partial charge on any atom is -0.443 e. The number of aliphatic imine (C=N–C) groups is 1. The average molecular weight is 371 g/mol. The van der Waals surface area contributed by atoms with Gasteiger partial charge in [-0.15, -0.1) is 11.3 Å². The highest BCUT2D eigenvalue weighted by Crippen LogP contribution is 2.47. The molecule has 136 valence electrons. The van der Waals surface area contributed by atoms with Gasteiger partial charge in [-0.25, -0.2) is 9.38 Å². The molecule has 0 spiro atoms. The van der Waals surface area contributed by atoms with Crippen LogP contribution in [0.1, 0.15) is 28.8 Å². The fraction of sp³-hybridized carbons (Fsp3) is 0.450. The van der Waals surface area contributed by atoms with Crippen molar-refractivity contribution in [2.45, 2.75) is 25.7 Å². The molecule has 0 saturated carbocycles. The second-order valence-electron chi connectivity index (χ2n) is 7.31. The van der Waals surface area contributed by atoms with Gasteiger partial charge >= 0.3 is 0 Å². The number of ether oxygens (including phenoxy) is 1. The molecular weight excluding hydrogens is 349 g/mol. The van der Waals surface area contributed by atoms with Crippen molar-refractivity contribution in [1.29, 1.82) is 0 Å². The maximum absolute atomic E-state index is 13.8. The summed E-state index contributed by atoms with van der Waals surface area (Å²) in [7, 11) is 2.16. The fourth-order valence-corrected chi connectivity index (χ4v) is 5.26. The number of hydrogen-bond donors (Lipinski definition) is 0. The van der Waals surface area contributed by atoms with Crippen LogP contribution in [0.4, 0.5) is 10.1 Å². The molecule has 2 aliphatic heterocycles. The number of hydrogen-bond acceptors (Lipinski definition) is 5. The van der Waals surface area contributed by atoms with Gasteiger partial charge in [-0.2, -0.15) is 0 Å². The molecule has 26 heavy (non-hydrogen) atoms. The molecule has 2 aromatic rings. The first-order chi connectivity index (χ1) is 12.7. The van der Waals surface area contributed by atoms with E-state index in [-0.39, 0.29) is 5.82 Å². The Hall–Kier alpha value is -1.92. The Morgan fingerprint density at radius 3 is 2.77 bits per heavy atom. The average Bonchev–Trinajstić information content (AvgIpc) is 2.92. The molecule has 0 unspecified atom stereocenters. The number of thiophene rings is 1. The number of fused-ring (bicyclic) bond motifs is 4. The van der Waals surface area contributed by atoms with Crippen LogP contribution in [0.2, 0.25) is 0 Å². The number of benzene rings is 1. The Bertz CT molecular complexity index is 883. The van der Waals surface area contributed by atoms with Crippen LogP contribution >= 0.6 is 11.3 Å². The van der Waals surface area contributed by atoms with Crippen LogP contribution in [0.5, 0.6) is 10.8 Å². The van der Waals surface area contributed by atoms with Crippen LogP contribution in [-0.4, -0.2) is 48.9 Å². The van der Waals surface area contributed by atoms with Gasteiger partial charge in [0, 0.05) is 37.1 Å². The Morgan fingerprint density at radius 2 is 1.92 bits per heavy atom. The van der Waals surface area contributed by atoms with Crippen LogP contribution in [0, 0.1) is 5.82 Å². The van der Waals surface area contributed by atoms with E-state index in [1.165, 1.54) is 35.4 Å². The molecule has 0 atom stereocenters. The second kappa shape index (κ2) is 6.35. The smallest absolute Gasteiger partial charge is 0.192 e. The van der Waals surface area contributed by atoms with E-state index in [4.69, 9.17) is 9.73 Å². The summed E-state index contributed by atoms with van der Waals surface area (Å²) < 4.78 is 20.0. The number of nitrogens with zero attached hydrogens (tertiary/aromatic N) is 3. The zero-order valence-electron chi connectivity index (χ0n) is 14.9. The number of aryl methyl sites for hydroxylation is 1. The molecule has 1 aromatic heterocycles. The van der Waals surface area contributed by atoms with E-state index in [0.29, 0.717) is 11.4 Å². The van der Waals surface area contributed by atoms with Gasteiger partial charge in [0.15, 0.2) is 10.8 Å². The normalized spacial score (nSPS) is 19.8. The number of likely N-dealkylation sites (N-methyl/N-ethyl adjacent to an activating group) is 1. The molecule has 1 saturated heterocycles. The van der Waals surface area contributed by atoms with Crippen molar-refractivity contribution in [3.63, 3.8) is 0 Å². The zero-order valence-corrected chi connectivity index (χ0v) is 15.7. The molecule has 3 heterocycles. The van der Waals surface area contributed by atoms with Gasteiger partial charge in [0.2, 0.25) is 0 Å². The minimum atomic E-state index is -0.287. The van der Waals surface area contributed by atoms with Gasteiger partial charge in [-0.1, -0.05) is 0 Å². The summed E-state index contributed by atoms with van der Waals surface area (Å²) in [6, 6.07) is 4.64. The first-order valence-corrected chi connectivity index (χ1v) is 10.2. The highest BCUT2D eigenvalue weighted by molar-refractivity contribution is 7.14. The molecule has 1 aromatic carbocycles. The maximum atomic E-state index is 13.8. The van der Waals surface area contributed by atoms with E-state index in [1.54, 1.807) is 17.4 Å². The predicted octanol–water partition coefficient (Wildman–Crippen LogP) is 4.20. The van der Waals surface area contributed by atoms with Crippen molar-refractivity contribution in [1.82, 2.24) is 9.80 Å². The topological polar surface area (TPSA) is 28.1 Å². The van der Waals surface area contributed by atoms with Gasteiger partial charge in [-0.3, -0.25) is 0 Å². The summed E-state index contributed by atoms with van der Waals surface area (Å²) in [4.78, 5) is 11.1. The highest BCUT2D eigenvalue weighted by atomic mass is 32.1. The fourth-order valence-electron chi connectivity index (χ4n) is 4.02. The van der Waals surface area contributed by atoms with Crippen LogP contribution in [0.3, 0.4) is 0 Å². The Balaban J connectivity index is 1.67. The van der Waals surface area contributed by atoms with Crippen molar-refractivity contribution in [3.8, 4) is 10.8 Å². The van der Waals surface area contributed by atoms with Crippen molar-refractivity contribution in [2.24, 2.45) is 4.99 Å². The van der Waals surface area contributed by atoms with Crippen molar-refractivity contribution >= 4 is 22.9 Å². The van der Waals surface area contributed by atoms with E-state index in [0.717, 1.165) is 55.5 Å². The SMILES string of the molecule is CN1CCN(C2=Nc3ccc(F)cc3Oc3sc4c(c32)CCCC4)CC1. The first-order valence-electron chi connectivity index (χ1n) is 9.33. The lowest BCUT2D eigenvalue weighted by Gasteiger charge is -2.34. The third-order valence-corrected chi connectivity index (χ3v) is 6.69. The molecule has 0 radical (unpaired) electrons. The molecule has 3 aliphatic rings. The predicted molar refractivity (Wildman–Crippen MR) is 103 cm³/mol. The molecule has 1 fully saturated rings. The van der Waals surface area contributed by atoms with Crippen LogP contribution in [0.25, 0.3) is 0 Å². The van der Waals surface area contributed by atoms with Crippen molar-refractivity contribution in [2.75, 3.05) is 33.2 Å². The highest BCUT2D eigenvalue weighted by Gasteiger charge is 2.32. The maximum Gasteiger partial charge on any atom is 0.192 e. The molecular formula is C20H22FN3OS. The van der Waals surface area contributed by atoms with Crippen LogP contribution in [-0.2, 0) is 12.8 Å². The summed E-state index contributed by atoms with van der Waals surface area (Å²) in [5.41, 5.74) is 3.28. The molecule has 0 bridgehead atoms. The van der Waals surface area contributed by atoms with Crippen LogP contribution in [0.15, 0.2) is 23.2 Å². The monoisotopic (exact) mass is 371 g/mol. The van der Waals surface area contributed by atoms with E-state index >= 15 is 0 Å². The van der Waals surface area contributed by atoms with E-state index < -0.39 is 0 Å². The molecule has 6 heteroatoms. The lowest BCUT2D eigenvalue weighted by Crippen LogP contribution is -2.47. The third-order valence-electron chi connectivity index (χ3n) is 5.52. The lowest BCUT2D eigenvalue weighted by atomic mass is 9.95. The summed E-state index contributed by atoms with van der Waals surface area (Å²) in [5, 5.41) is 0.888. The minimum absolute atomic E-state index is 0.287. The summed E-state index contributed by atoms with van der Waals surface area (Å²) in [6.45, 7) is 3.96. The van der Waals surface area contributed by atoms with Gasteiger partial charge in [-0.05, 0) is 50.4 Å². The first kappa shape index (κ1) is 16.3. The number of piperazine rings is 1. The Kier molecular flexibility index (Phi) is 3.98. The Morgan fingerprint density at radius 1 is 1.12 bits per heavy atom. The van der Waals surface area contributed by atoms with Crippen molar-refractivity contribution in [3.05, 3.63) is 40.0 Å². The van der Waals surface area contributed by atoms with Crippen molar-refractivity contribution < 1.29 is 9.13 Å². The molecule has 4 nitrogen and oxygen atoms in total. The number of rotatable bonds is 0. The molecule has 1 aliphatic carbocycles. The van der Waals surface area contributed by atoms with Gasteiger partial charge in [0.25, 0.3) is 0 Å². The Labute approximate surface area is 156 Å². The number of halogens is 1. The molecule has 0 amide bonds. The summed E-state index contributed by atoms with van der Waals surface area (Å²) >= 11 is 1.73. The summed E-state index contributed by atoms with van der Waals surface area (Å²) in [5.74, 6) is 1.25. The van der Waals surface area contributed by atoms with Crippen LogP contribution < -0.4 is 4.74 Å². The second-order valence-corrected chi connectivity index (χ2v) is 8.38. The number of amidine groups is 1. The lowest BCUT2D eigenvalue weighted by molar-refractivity contribution is 0.215. The summed E-state index contributed by atoms with van der Waals surface area (Å²) in [6.07, 6.45) is 4.65. The van der Waals surface area contributed by atoms with Gasteiger partial charge in [0.05, 0.1) is 5.56 Å².